The molecular weight excluding hydrogens is 343 g/mol. The van der Waals surface area contributed by atoms with Gasteiger partial charge >= 0.3 is 0 Å². The van der Waals surface area contributed by atoms with E-state index in [0.29, 0.717) is 5.69 Å². The first kappa shape index (κ1) is 18.9. The molecule has 0 aliphatic carbocycles. The molecule has 0 aliphatic rings. The fourth-order valence-corrected chi connectivity index (χ4v) is 3.47. The van der Waals surface area contributed by atoms with Gasteiger partial charge in [-0.2, -0.15) is 0 Å². The van der Waals surface area contributed by atoms with Crippen LogP contribution in [0.15, 0.2) is 47.4 Å². The standard InChI is InChI=1S/C18H21FN2O3S/c1-12(2)13-7-4-5-9-15(13)21-17(22)11-20-16-10-6-8-14(19)18(16)25(3,23)24/h4-10,12,20H,11H2,1-3H3,(H,21,22). The highest BCUT2D eigenvalue weighted by Crippen LogP contribution is 2.25. The lowest BCUT2D eigenvalue weighted by Gasteiger charge is -2.15. The van der Waals surface area contributed by atoms with Crippen molar-refractivity contribution in [2.24, 2.45) is 0 Å². The predicted octanol–water partition coefficient (Wildman–Crippen LogP) is 3.40. The second-order valence-electron chi connectivity index (χ2n) is 6.03. The summed E-state index contributed by atoms with van der Waals surface area (Å²) >= 11 is 0. The number of benzene rings is 2. The quantitative estimate of drug-likeness (QED) is 0.824. The maximum Gasteiger partial charge on any atom is 0.243 e. The molecule has 0 saturated heterocycles. The monoisotopic (exact) mass is 364 g/mol. The van der Waals surface area contributed by atoms with Gasteiger partial charge in [-0.1, -0.05) is 38.1 Å². The first-order valence-electron chi connectivity index (χ1n) is 7.81. The average Bonchev–Trinajstić information content (AvgIpc) is 2.52. The zero-order chi connectivity index (χ0) is 18.6. The number of rotatable bonds is 6. The Hall–Kier alpha value is -2.41. The van der Waals surface area contributed by atoms with Gasteiger partial charge in [-0.15, -0.1) is 0 Å². The molecule has 0 fully saturated rings. The van der Waals surface area contributed by atoms with Crippen molar-refractivity contribution in [3.05, 3.63) is 53.8 Å². The zero-order valence-electron chi connectivity index (χ0n) is 14.3. The molecule has 2 aromatic rings. The molecule has 0 spiro atoms. The van der Waals surface area contributed by atoms with E-state index in [2.05, 4.69) is 10.6 Å². The van der Waals surface area contributed by atoms with Gasteiger partial charge in [0.15, 0.2) is 9.84 Å². The summed E-state index contributed by atoms with van der Waals surface area (Å²) in [6.07, 6.45) is 0.926. The largest absolute Gasteiger partial charge is 0.375 e. The smallest absolute Gasteiger partial charge is 0.243 e. The minimum Gasteiger partial charge on any atom is -0.375 e. The molecule has 0 atom stereocenters. The molecule has 0 unspecified atom stereocenters. The van der Waals surface area contributed by atoms with E-state index in [0.717, 1.165) is 17.9 Å². The summed E-state index contributed by atoms with van der Waals surface area (Å²) in [4.78, 5) is 11.8. The number of sulfone groups is 1. The third kappa shape index (κ3) is 4.79. The summed E-state index contributed by atoms with van der Waals surface area (Å²) < 4.78 is 37.3. The van der Waals surface area contributed by atoms with Gasteiger partial charge in [0.2, 0.25) is 5.91 Å². The molecule has 2 aromatic carbocycles. The van der Waals surface area contributed by atoms with E-state index in [1.807, 2.05) is 32.0 Å². The molecule has 5 nitrogen and oxygen atoms in total. The average molecular weight is 364 g/mol. The minimum absolute atomic E-state index is 0.0646. The number of nitrogens with one attached hydrogen (secondary N) is 2. The summed E-state index contributed by atoms with van der Waals surface area (Å²) in [7, 11) is -3.76. The van der Waals surface area contributed by atoms with Crippen molar-refractivity contribution in [2.45, 2.75) is 24.7 Å². The van der Waals surface area contributed by atoms with Crippen LogP contribution < -0.4 is 10.6 Å². The van der Waals surface area contributed by atoms with Crippen molar-refractivity contribution < 1.29 is 17.6 Å². The number of hydrogen-bond donors (Lipinski definition) is 2. The molecule has 0 bridgehead atoms. The normalized spacial score (nSPS) is 11.4. The molecular formula is C18H21FN2O3S. The highest BCUT2D eigenvalue weighted by Gasteiger charge is 2.19. The highest BCUT2D eigenvalue weighted by atomic mass is 32.2. The Morgan fingerprint density at radius 3 is 2.36 bits per heavy atom. The van der Waals surface area contributed by atoms with E-state index >= 15 is 0 Å². The molecule has 0 saturated carbocycles. The number of carbonyl (C=O) groups excluding carboxylic acids is 1. The van der Waals surface area contributed by atoms with Crippen molar-refractivity contribution in [2.75, 3.05) is 23.4 Å². The third-order valence-electron chi connectivity index (χ3n) is 3.63. The molecule has 134 valence electrons. The topological polar surface area (TPSA) is 75.3 Å². The molecule has 2 rings (SSSR count). The number of carbonyl (C=O) groups is 1. The van der Waals surface area contributed by atoms with Gasteiger partial charge < -0.3 is 10.6 Å². The molecule has 25 heavy (non-hydrogen) atoms. The first-order valence-corrected chi connectivity index (χ1v) is 9.70. The number of hydrogen-bond acceptors (Lipinski definition) is 4. The second-order valence-corrected chi connectivity index (χ2v) is 7.98. The van der Waals surface area contributed by atoms with E-state index in [-0.39, 0.29) is 24.1 Å². The number of halogens is 1. The van der Waals surface area contributed by atoms with Crippen molar-refractivity contribution in [3.8, 4) is 0 Å². The van der Waals surface area contributed by atoms with Crippen LogP contribution in [-0.4, -0.2) is 27.1 Å². The summed E-state index contributed by atoms with van der Waals surface area (Å²) in [6, 6.07) is 11.3. The molecule has 1 amide bonds. The predicted molar refractivity (Wildman–Crippen MR) is 97.2 cm³/mol. The van der Waals surface area contributed by atoms with E-state index in [1.54, 1.807) is 6.07 Å². The fourth-order valence-electron chi connectivity index (χ4n) is 2.51. The van der Waals surface area contributed by atoms with E-state index in [4.69, 9.17) is 0 Å². The summed E-state index contributed by atoms with van der Waals surface area (Å²) in [6.45, 7) is 3.86. The lowest BCUT2D eigenvalue weighted by Crippen LogP contribution is -2.23. The van der Waals surface area contributed by atoms with E-state index in [1.165, 1.54) is 12.1 Å². The first-order chi connectivity index (χ1) is 11.7. The van der Waals surface area contributed by atoms with Gasteiger partial charge in [0.25, 0.3) is 0 Å². The summed E-state index contributed by atoms with van der Waals surface area (Å²) in [5.74, 6) is -0.959. The maximum atomic E-state index is 13.8. The van der Waals surface area contributed by atoms with Gasteiger partial charge in [0.05, 0.1) is 12.2 Å². The van der Waals surface area contributed by atoms with Gasteiger partial charge in [0, 0.05) is 11.9 Å². The van der Waals surface area contributed by atoms with Gasteiger partial charge in [-0.25, -0.2) is 12.8 Å². The van der Waals surface area contributed by atoms with Gasteiger partial charge in [-0.3, -0.25) is 4.79 Å². The van der Waals surface area contributed by atoms with Crippen molar-refractivity contribution in [1.29, 1.82) is 0 Å². The molecule has 0 radical (unpaired) electrons. The Morgan fingerprint density at radius 2 is 1.72 bits per heavy atom. The van der Waals surface area contributed by atoms with Crippen LogP contribution in [0, 0.1) is 5.82 Å². The molecule has 7 heteroatoms. The van der Waals surface area contributed by atoms with E-state index < -0.39 is 20.5 Å². The van der Waals surface area contributed by atoms with Crippen LogP contribution >= 0.6 is 0 Å². The van der Waals surface area contributed by atoms with Crippen LogP contribution in [0.4, 0.5) is 15.8 Å². The number of amides is 1. The van der Waals surface area contributed by atoms with Crippen LogP contribution in [0.25, 0.3) is 0 Å². The summed E-state index contributed by atoms with van der Waals surface area (Å²) in [5.41, 5.74) is 1.76. The molecule has 0 aliphatic heterocycles. The van der Waals surface area contributed by atoms with Crippen molar-refractivity contribution in [3.63, 3.8) is 0 Å². The van der Waals surface area contributed by atoms with Crippen LogP contribution in [0.2, 0.25) is 0 Å². The Labute approximate surface area is 147 Å². The van der Waals surface area contributed by atoms with Crippen LogP contribution in [-0.2, 0) is 14.6 Å². The van der Waals surface area contributed by atoms with Crippen LogP contribution in [0.5, 0.6) is 0 Å². The van der Waals surface area contributed by atoms with E-state index in [9.17, 15) is 17.6 Å². The highest BCUT2D eigenvalue weighted by molar-refractivity contribution is 7.90. The number of anilines is 2. The molecule has 0 heterocycles. The Morgan fingerprint density at radius 1 is 1.08 bits per heavy atom. The minimum atomic E-state index is -3.76. The Bertz CT molecular complexity index is 880. The SMILES string of the molecule is CC(C)c1ccccc1NC(=O)CNc1cccc(F)c1S(C)(=O)=O. The lowest BCUT2D eigenvalue weighted by atomic mass is 10.0. The van der Waals surface area contributed by atoms with Crippen LogP contribution in [0.3, 0.4) is 0 Å². The Kier molecular flexibility index (Phi) is 5.79. The third-order valence-corrected chi connectivity index (χ3v) is 4.79. The van der Waals surface area contributed by atoms with Crippen molar-refractivity contribution >= 4 is 27.1 Å². The number of para-hydroxylation sites is 1. The fraction of sp³-hybridized carbons (Fsp3) is 0.278. The van der Waals surface area contributed by atoms with Crippen LogP contribution in [0.1, 0.15) is 25.3 Å². The Balaban J connectivity index is 2.13. The summed E-state index contributed by atoms with van der Waals surface area (Å²) in [5, 5.41) is 5.49. The van der Waals surface area contributed by atoms with Gasteiger partial charge in [0.1, 0.15) is 10.7 Å². The molecule has 2 N–H and O–H groups in total. The maximum absolute atomic E-state index is 13.8. The zero-order valence-corrected chi connectivity index (χ0v) is 15.2. The molecule has 0 aromatic heterocycles. The van der Waals surface area contributed by atoms with Crippen molar-refractivity contribution in [1.82, 2.24) is 0 Å². The second kappa shape index (κ2) is 7.65. The lowest BCUT2D eigenvalue weighted by molar-refractivity contribution is -0.114. The van der Waals surface area contributed by atoms with Gasteiger partial charge in [-0.05, 0) is 29.7 Å².